The minimum atomic E-state index is -3.71. The number of para-hydroxylation sites is 1. The van der Waals surface area contributed by atoms with Crippen molar-refractivity contribution in [3.05, 3.63) is 36.9 Å². The maximum absolute atomic E-state index is 12.6. The third-order valence-corrected chi connectivity index (χ3v) is 6.40. The fourth-order valence-corrected chi connectivity index (χ4v) is 4.84. The lowest BCUT2D eigenvalue weighted by atomic mass is 9.96. The van der Waals surface area contributed by atoms with Crippen LogP contribution in [0.1, 0.15) is 25.7 Å². The van der Waals surface area contributed by atoms with Crippen LogP contribution in [0.15, 0.2) is 46.2 Å². The van der Waals surface area contributed by atoms with E-state index in [1.807, 2.05) is 4.90 Å². The monoisotopic (exact) mass is 402 g/mol. The van der Waals surface area contributed by atoms with Crippen molar-refractivity contribution >= 4 is 27.5 Å². The number of hydrogen-bond donors (Lipinski definition) is 1. The van der Waals surface area contributed by atoms with Gasteiger partial charge in [-0.15, -0.1) is 4.40 Å². The summed E-state index contributed by atoms with van der Waals surface area (Å²) in [6.45, 7) is 1.81. The van der Waals surface area contributed by atoms with Gasteiger partial charge in [0.15, 0.2) is 0 Å². The predicted molar refractivity (Wildman–Crippen MR) is 103 cm³/mol. The second kappa shape index (κ2) is 7.70. The number of nitrogens with zero attached hydrogens (tertiary/aromatic N) is 5. The summed E-state index contributed by atoms with van der Waals surface area (Å²) in [5, 5.41) is 7.19. The normalized spacial score (nSPS) is 20.8. The van der Waals surface area contributed by atoms with Gasteiger partial charge >= 0.3 is 0 Å². The summed E-state index contributed by atoms with van der Waals surface area (Å²) in [5.41, 5.74) is 0.545. The number of benzene rings is 1. The minimum Gasteiger partial charge on any atom is -0.342 e. The zero-order valence-corrected chi connectivity index (χ0v) is 16.2. The van der Waals surface area contributed by atoms with E-state index < -0.39 is 10.0 Å². The Hall–Kier alpha value is -2.75. The molecule has 9 nitrogen and oxygen atoms in total. The SMILES string of the molecule is O=C(CCCn1cncn1)N1CCC[C@H](C2=NS(=O)(=O)c3ccccc3N2)C1. The summed E-state index contributed by atoms with van der Waals surface area (Å²) in [6.07, 6.45) is 5.83. The number of carbonyl (C=O) groups is 1. The standard InChI is InChI=1S/C18H22N6O3S/c25-17(8-4-10-24-13-19-12-20-24)23-9-3-5-14(11-23)18-21-15-6-1-2-7-16(15)28(26,27)22-18/h1-2,6-7,12-14H,3-5,8-11H2,(H,21,22)/t14-/m0/s1. The Labute approximate surface area is 163 Å². The third kappa shape index (κ3) is 3.91. The maximum Gasteiger partial charge on any atom is 0.286 e. The molecule has 10 heteroatoms. The van der Waals surface area contributed by atoms with Crippen molar-refractivity contribution in [3.8, 4) is 0 Å². The maximum atomic E-state index is 12.6. The molecule has 1 N–H and O–H groups in total. The first-order valence-electron chi connectivity index (χ1n) is 9.34. The average Bonchev–Trinajstić information content (AvgIpc) is 3.21. The van der Waals surface area contributed by atoms with E-state index in [2.05, 4.69) is 19.8 Å². The first kappa shape index (κ1) is 18.6. The minimum absolute atomic E-state index is 0.0736. The van der Waals surface area contributed by atoms with E-state index >= 15 is 0 Å². The number of nitrogens with one attached hydrogen (secondary N) is 1. The smallest absolute Gasteiger partial charge is 0.286 e. The highest BCUT2D eigenvalue weighted by molar-refractivity contribution is 7.90. The van der Waals surface area contributed by atoms with Gasteiger partial charge < -0.3 is 10.2 Å². The van der Waals surface area contributed by atoms with Gasteiger partial charge in [0.25, 0.3) is 10.0 Å². The van der Waals surface area contributed by atoms with E-state index in [0.717, 1.165) is 12.8 Å². The van der Waals surface area contributed by atoms with Crippen LogP contribution >= 0.6 is 0 Å². The Bertz CT molecular complexity index is 987. The number of aromatic nitrogens is 3. The zero-order valence-electron chi connectivity index (χ0n) is 15.4. The van der Waals surface area contributed by atoms with E-state index in [1.165, 1.54) is 6.33 Å². The molecule has 0 unspecified atom stereocenters. The zero-order chi connectivity index (χ0) is 19.6. The number of sulfonamides is 1. The molecule has 4 rings (SSSR count). The fourth-order valence-electron chi connectivity index (χ4n) is 3.64. The number of amides is 1. The molecule has 0 spiro atoms. The second-order valence-corrected chi connectivity index (χ2v) is 8.59. The van der Waals surface area contributed by atoms with E-state index in [9.17, 15) is 13.2 Å². The molecule has 0 aliphatic carbocycles. The van der Waals surface area contributed by atoms with Gasteiger partial charge in [0, 0.05) is 32.0 Å². The molecule has 148 valence electrons. The summed E-state index contributed by atoms with van der Waals surface area (Å²) in [6, 6.07) is 6.75. The van der Waals surface area contributed by atoms with Gasteiger partial charge in [-0.3, -0.25) is 9.48 Å². The molecule has 28 heavy (non-hydrogen) atoms. The predicted octanol–water partition coefficient (Wildman–Crippen LogP) is 1.51. The van der Waals surface area contributed by atoms with Crippen molar-refractivity contribution in [1.29, 1.82) is 0 Å². The molecule has 2 aromatic rings. The lowest BCUT2D eigenvalue weighted by Crippen LogP contribution is -2.44. The number of rotatable bonds is 5. The number of aryl methyl sites for hydroxylation is 1. The number of hydrogen-bond acceptors (Lipinski definition) is 6. The highest BCUT2D eigenvalue weighted by Crippen LogP contribution is 2.30. The van der Waals surface area contributed by atoms with Crippen LogP contribution in [0.2, 0.25) is 0 Å². The van der Waals surface area contributed by atoms with E-state index in [1.54, 1.807) is 35.3 Å². The molecule has 1 saturated heterocycles. The largest absolute Gasteiger partial charge is 0.342 e. The number of amidine groups is 1. The van der Waals surface area contributed by atoms with Gasteiger partial charge in [-0.25, -0.2) is 4.98 Å². The summed E-state index contributed by atoms with van der Waals surface area (Å²) in [4.78, 5) is 18.5. The van der Waals surface area contributed by atoms with Crippen molar-refractivity contribution in [2.45, 2.75) is 37.1 Å². The highest BCUT2D eigenvalue weighted by atomic mass is 32.2. The van der Waals surface area contributed by atoms with Crippen LogP contribution in [0.3, 0.4) is 0 Å². The Morgan fingerprint density at radius 1 is 1.29 bits per heavy atom. The Morgan fingerprint density at radius 2 is 2.14 bits per heavy atom. The number of anilines is 1. The van der Waals surface area contributed by atoms with E-state index in [-0.39, 0.29) is 16.7 Å². The van der Waals surface area contributed by atoms with Gasteiger partial charge in [-0.2, -0.15) is 13.5 Å². The van der Waals surface area contributed by atoms with Crippen LogP contribution in [0.5, 0.6) is 0 Å². The summed E-state index contributed by atoms with van der Waals surface area (Å²) in [7, 11) is -3.71. The van der Waals surface area contributed by atoms with Crippen LogP contribution in [-0.4, -0.2) is 52.9 Å². The van der Waals surface area contributed by atoms with Gasteiger partial charge in [0.1, 0.15) is 23.4 Å². The number of likely N-dealkylation sites (tertiary alicyclic amines) is 1. The third-order valence-electron chi connectivity index (χ3n) is 5.05. The van der Waals surface area contributed by atoms with Crippen LogP contribution in [0.4, 0.5) is 5.69 Å². The molecule has 2 aliphatic rings. The first-order valence-corrected chi connectivity index (χ1v) is 10.8. The Morgan fingerprint density at radius 3 is 2.96 bits per heavy atom. The molecular formula is C18H22N6O3S. The van der Waals surface area contributed by atoms with Crippen molar-refractivity contribution in [2.75, 3.05) is 18.4 Å². The van der Waals surface area contributed by atoms with Crippen LogP contribution < -0.4 is 5.32 Å². The number of piperidine rings is 1. The fraction of sp³-hybridized carbons (Fsp3) is 0.444. The second-order valence-electron chi connectivity index (χ2n) is 7.01. The van der Waals surface area contributed by atoms with Crippen molar-refractivity contribution in [3.63, 3.8) is 0 Å². The topological polar surface area (TPSA) is 110 Å². The van der Waals surface area contributed by atoms with Crippen molar-refractivity contribution in [2.24, 2.45) is 10.3 Å². The number of carbonyl (C=O) groups excluding carboxylic acids is 1. The quantitative estimate of drug-likeness (QED) is 0.812. The van der Waals surface area contributed by atoms with E-state index in [4.69, 9.17) is 0 Å². The van der Waals surface area contributed by atoms with Crippen molar-refractivity contribution < 1.29 is 13.2 Å². The molecule has 2 aliphatic heterocycles. The molecular weight excluding hydrogens is 380 g/mol. The van der Waals surface area contributed by atoms with Crippen LogP contribution in [-0.2, 0) is 21.4 Å². The molecule has 0 saturated carbocycles. The van der Waals surface area contributed by atoms with Crippen LogP contribution in [0.25, 0.3) is 0 Å². The average molecular weight is 402 g/mol. The number of fused-ring (bicyclic) bond motifs is 1. The highest BCUT2D eigenvalue weighted by Gasteiger charge is 2.32. The molecule has 1 atom stereocenters. The van der Waals surface area contributed by atoms with Crippen molar-refractivity contribution in [1.82, 2.24) is 19.7 Å². The Kier molecular flexibility index (Phi) is 5.12. The lowest BCUT2D eigenvalue weighted by molar-refractivity contribution is -0.132. The lowest BCUT2D eigenvalue weighted by Gasteiger charge is -2.34. The summed E-state index contributed by atoms with van der Waals surface area (Å²) < 4.78 is 30.6. The van der Waals surface area contributed by atoms with E-state index in [0.29, 0.717) is 44.0 Å². The molecule has 1 amide bonds. The molecule has 0 bridgehead atoms. The summed E-state index contributed by atoms with van der Waals surface area (Å²) in [5.74, 6) is 0.388. The van der Waals surface area contributed by atoms with Gasteiger partial charge in [-0.05, 0) is 31.4 Å². The molecule has 1 fully saturated rings. The van der Waals surface area contributed by atoms with Gasteiger partial charge in [0.05, 0.1) is 5.69 Å². The summed E-state index contributed by atoms with van der Waals surface area (Å²) >= 11 is 0. The first-order chi connectivity index (χ1) is 13.5. The molecule has 3 heterocycles. The van der Waals surface area contributed by atoms with Gasteiger partial charge in [-0.1, -0.05) is 12.1 Å². The Balaban J connectivity index is 1.40. The molecule has 1 aromatic heterocycles. The van der Waals surface area contributed by atoms with Gasteiger partial charge in [0.2, 0.25) is 5.91 Å². The molecule has 0 radical (unpaired) electrons. The molecule has 1 aromatic carbocycles. The van der Waals surface area contributed by atoms with Crippen LogP contribution in [0, 0.1) is 5.92 Å².